The quantitative estimate of drug-likeness (QED) is 0.363. The van der Waals surface area contributed by atoms with E-state index in [0.717, 1.165) is 21.7 Å². The predicted molar refractivity (Wildman–Crippen MR) is 107 cm³/mol. The molecule has 0 unspecified atom stereocenters. The summed E-state index contributed by atoms with van der Waals surface area (Å²) < 4.78 is 6.69. The van der Waals surface area contributed by atoms with E-state index in [2.05, 4.69) is 11.9 Å². The van der Waals surface area contributed by atoms with Crippen LogP contribution in [-0.4, -0.2) is 28.4 Å². The van der Waals surface area contributed by atoms with Gasteiger partial charge in [0.05, 0.1) is 24.1 Å². The minimum absolute atomic E-state index is 0.0234. The van der Waals surface area contributed by atoms with Gasteiger partial charge in [-0.3, -0.25) is 9.36 Å². The summed E-state index contributed by atoms with van der Waals surface area (Å²) in [6, 6.07) is 9.09. The van der Waals surface area contributed by atoms with Crippen molar-refractivity contribution in [3.63, 3.8) is 0 Å². The highest BCUT2D eigenvalue weighted by Crippen LogP contribution is 2.24. The summed E-state index contributed by atoms with van der Waals surface area (Å²) in [5, 5.41) is 1.37. The van der Waals surface area contributed by atoms with E-state index in [1.165, 1.54) is 11.8 Å². The summed E-state index contributed by atoms with van der Waals surface area (Å²) >= 11 is 3.04. The zero-order valence-corrected chi connectivity index (χ0v) is 16.6. The van der Waals surface area contributed by atoms with Gasteiger partial charge in [-0.25, -0.2) is 9.78 Å². The van der Waals surface area contributed by atoms with Crippen LogP contribution in [0.1, 0.15) is 34.6 Å². The lowest BCUT2D eigenvalue weighted by molar-refractivity contribution is 0.0526. The molecule has 0 atom stereocenters. The van der Waals surface area contributed by atoms with E-state index < -0.39 is 0 Å². The number of hydrogen-bond donors (Lipinski definition) is 0. The van der Waals surface area contributed by atoms with Crippen molar-refractivity contribution >= 4 is 39.3 Å². The number of esters is 1. The Hall–Kier alpha value is -2.12. The summed E-state index contributed by atoms with van der Waals surface area (Å²) in [7, 11) is 0. The predicted octanol–water partition coefficient (Wildman–Crippen LogP) is 3.97. The molecule has 0 bridgehead atoms. The van der Waals surface area contributed by atoms with Crippen LogP contribution in [-0.2, 0) is 17.7 Å². The summed E-state index contributed by atoms with van der Waals surface area (Å²) in [6.45, 7) is 4.61. The van der Waals surface area contributed by atoms with E-state index in [1.807, 2.05) is 24.5 Å². The molecule has 0 saturated carbocycles. The van der Waals surface area contributed by atoms with Crippen LogP contribution in [0.2, 0.25) is 0 Å². The Morgan fingerprint density at radius 2 is 2.00 bits per heavy atom. The lowest BCUT2D eigenvalue weighted by atomic mass is 10.1. The maximum Gasteiger partial charge on any atom is 0.338 e. The molecule has 0 aliphatic carbocycles. The Labute approximate surface area is 160 Å². The van der Waals surface area contributed by atoms with Gasteiger partial charge in [0.1, 0.15) is 4.83 Å². The fourth-order valence-electron chi connectivity index (χ4n) is 2.66. The van der Waals surface area contributed by atoms with Crippen molar-refractivity contribution in [2.45, 2.75) is 32.0 Å². The highest BCUT2D eigenvalue weighted by atomic mass is 32.2. The van der Waals surface area contributed by atoms with Gasteiger partial charge in [-0.1, -0.05) is 30.8 Å². The second-order valence-electron chi connectivity index (χ2n) is 5.69. The molecule has 2 heterocycles. The molecule has 26 heavy (non-hydrogen) atoms. The molecule has 5 nitrogen and oxygen atoms in total. The molecular formula is C19H20N2O3S2. The molecule has 0 radical (unpaired) electrons. The van der Waals surface area contributed by atoms with Gasteiger partial charge in [-0.15, -0.1) is 11.3 Å². The van der Waals surface area contributed by atoms with Crippen molar-refractivity contribution in [2.75, 3.05) is 12.9 Å². The molecule has 0 amide bonds. The normalized spacial score (nSPS) is 11.0. The number of carbonyl (C=O) groups is 1. The number of ether oxygens (including phenoxy) is 1. The topological polar surface area (TPSA) is 61.2 Å². The van der Waals surface area contributed by atoms with Crippen LogP contribution in [0.5, 0.6) is 0 Å². The van der Waals surface area contributed by atoms with E-state index in [-0.39, 0.29) is 11.5 Å². The number of aromatic nitrogens is 2. The van der Waals surface area contributed by atoms with Crippen LogP contribution in [0.25, 0.3) is 10.2 Å². The number of nitrogens with zero attached hydrogens (tertiary/aromatic N) is 2. The number of thioether (sulfide) groups is 1. The Morgan fingerprint density at radius 1 is 1.27 bits per heavy atom. The van der Waals surface area contributed by atoms with Gasteiger partial charge in [0.15, 0.2) is 5.16 Å². The minimum Gasteiger partial charge on any atom is -0.462 e. The van der Waals surface area contributed by atoms with Gasteiger partial charge in [-0.2, -0.15) is 0 Å². The first-order valence-electron chi connectivity index (χ1n) is 8.40. The lowest BCUT2D eigenvalue weighted by Gasteiger charge is -2.11. The lowest BCUT2D eigenvalue weighted by Crippen LogP contribution is -2.23. The van der Waals surface area contributed by atoms with Crippen molar-refractivity contribution in [3.05, 3.63) is 56.7 Å². The standard InChI is InChI=1S/C19H20N2O3S2/c1-4-14-10-15-16(26-14)20-19(25-3)21(17(15)22)11-12-6-8-13(9-7-12)18(23)24-5-2/h6-10H,4-5,11H2,1-3H3. The van der Waals surface area contributed by atoms with Crippen molar-refractivity contribution in [1.82, 2.24) is 9.55 Å². The Morgan fingerprint density at radius 3 is 2.62 bits per heavy atom. The molecule has 3 rings (SSSR count). The summed E-state index contributed by atoms with van der Waals surface area (Å²) in [5.74, 6) is -0.338. The maximum atomic E-state index is 12.9. The number of carbonyl (C=O) groups excluding carboxylic acids is 1. The van der Waals surface area contributed by atoms with Crippen molar-refractivity contribution < 1.29 is 9.53 Å². The van der Waals surface area contributed by atoms with Crippen LogP contribution >= 0.6 is 23.1 Å². The van der Waals surface area contributed by atoms with E-state index in [9.17, 15) is 9.59 Å². The number of thiophene rings is 1. The average molecular weight is 389 g/mol. The first-order chi connectivity index (χ1) is 12.6. The van der Waals surface area contributed by atoms with Crippen LogP contribution in [0.15, 0.2) is 40.3 Å². The maximum absolute atomic E-state index is 12.9. The van der Waals surface area contributed by atoms with Gasteiger partial charge in [0, 0.05) is 4.88 Å². The number of rotatable bonds is 6. The number of aryl methyl sites for hydroxylation is 1. The molecule has 7 heteroatoms. The first-order valence-corrected chi connectivity index (χ1v) is 10.4. The Kier molecular flexibility index (Phi) is 5.78. The monoisotopic (exact) mass is 388 g/mol. The van der Waals surface area contributed by atoms with Crippen LogP contribution in [0.4, 0.5) is 0 Å². The SMILES string of the molecule is CCOC(=O)c1ccc(Cn2c(SC)nc3sc(CC)cc3c2=O)cc1. The molecule has 0 spiro atoms. The molecule has 0 saturated heterocycles. The number of fused-ring (bicyclic) bond motifs is 1. The molecule has 0 aliphatic heterocycles. The summed E-state index contributed by atoms with van der Waals surface area (Å²) in [4.78, 5) is 31.3. The summed E-state index contributed by atoms with van der Waals surface area (Å²) in [6.07, 6.45) is 2.81. The van der Waals surface area contributed by atoms with Gasteiger partial charge in [-0.05, 0) is 43.4 Å². The molecule has 2 aromatic heterocycles. The highest BCUT2D eigenvalue weighted by Gasteiger charge is 2.14. The van der Waals surface area contributed by atoms with E-state index in [1.54, 1.807) is 35.0 Å². The molecular weight excluding hydrogens is 368 g/mol. The third kappa shape index (κ3) is 3.68. The third-order valence-corrected chi connectivity index (χ3v) is 5.85. The molecule has 1 aromatic carbocycles. The highest BCUT2D eigenvalue weighted by molar-refractivity contribution is 7.98. The van der Waals surface area contributed by atoms with Gasteiger partial charge < -0.3 is 4.74 Å². The minimum atomic E-state index is -0.338. The van der Waals surface area contributed by atoms with Crippen molar-refractivity contribution in [1.29, 1.82) is 0 Å². The van der Waals surface area contributed by atoms with Crippen LogP contribution in [0.3, 0.4) is 0 Å². The molecule has 136 valence electrons. The Balaban J connectivity index is 1.96. The van der Waals surface area contributed by atoms with Crippen molar-refractivity contribution in [2.24, 2.45) is 0 Å². The van der Waals surface area contributed by atoms with Gasteiger partial charge in [0.25, 0.3) is 5.56 Å². The zero-order valence-electron chi connectivity index (χ0n) is 14.9. The number of benzene rings is 1. The second kappa shape index (κ2) is 8.05. The zero-order chi connectivity index (χ0) is 18.7. The van der Waals surface area contributed by atoms with Crippen LogP contribution in [0, 0.1) is 0 Å². The molecule has 3 aromatic rings. The summed E-state index contributed by atoms with van der Waals surface area (Å²) in [5.41, 5.74) is 1.42. The fourth-order valence-corrected chi connectivity index (χ4v) is 4.23. The largest absolute Gasteiger partial charge is 0.462 e. The third-order valence-electron chi connectivity index (χ3n) is 4.00. The van der Waals surface area contributed by atoms with Gasteiger partial charge >= 0.3 is 5.97 Å². The Bertz CT molecular complexity index is 990. The van der Waals surface area contributed by atoms with Gasteiger partial charge in [0.2, 0.25) is 0 Å². The smallest absolute Gasteiger partial charge is 0.338 e. The number of hydrogen-bond acceptors (Lipinski definition) is 6. The average Bonchev–Trinajstić information content (AvgIpc) is 3.08. The van der Waals surface area contributed by atoms with Crippen LogP contribution < -0.4 is 5.56 Å². The first kappa shape index (κ1) is 18.7. The second-order valence-corrected chi connectivity index (χ2v) is 7.58. The fraction of sp³-hybridized carbons (Fsp3) is 0.316. The van der Waals surface area contributed by atoms with E-state index >= 15 is 0 Å². The van der Waals surface area contributed by atoms with Crippen molar-refractivity contribution in [3.8, 4) is 0 Å². The molecule has 0 aliphatic rings. The molecule has 0 N–H and O–H groups in total. The van der Waals surface area contributed by atoms with E-state index in [4.69, 9.17) is 4.74 Å². The molecule has 0 fully saturated rings. The van der Waals surface area contributed by atoms with E-state index in [0.29, 0.717) is 29.3 Å².